The molecule has 0 saturated carbocycles. The summed E-state index contributed by atoms with van der Waals surface area (Å²) >= 11 is 3.48. The van der Waals surface area contributed by atoms with Crippen molar-refractivity contribution in [2.24, 2.45) is 0 Å². The van der Waals surface area contributed by atoms with E-state index in [2.05, 4.69) is 36.2 Å². The van der Waals surface area contributed by atoms with Crippen LogP contribution in [0.2, 0.25) is 0 Å². The molecule has 1 N–H and O–H groups in total. The summed E-state index contributed by atoms with van der Waals surface area (Å²) in [7, 11) is 1.98. The molecule has 0 radical (unpaired) electrons. The van der Waals surface area contributed by atoms with Crippen LogP contribution in [0.4, 0.5) is 11.8 Å². The van der Waals surface area contributed by atoms with Crippen LogP contribution in [0.1, 0.15) is 12.6 Å². The van der Waals surface area contributed by atoms with Crippen molar-refractivity contribution in [2.75, 3.05) is 23.8 Å². The Balaban J connectivity index is 2.18. The van der Waals surface area contributed by atoms with E-state index in [0.29, 0.717) is 12.5 Å². The first kappa shape index (κ1) is 13.7. The summed E-state index contributed by atoms with van der Waals surface area (Å²) in [6.45, 7) is 3.51. The molecular formula is C13H16BrN5. The van der Waals surface area contributed by atoms with E-state index in [0.717, 1.165) is 22.5 Å². The molecule has 0 saturated heterocycles. The molecule has 0 aromatic carbocycles. The van der Waals surface area contributed by atoms with E-state index in [1.54, 1.807) is 12.4 Å². The molecule has 6 heteroatoms. The van der Waals surface area contributed by atoms with Crippen molar-refractivity contribution in [3.8, 4) is 0 Å². The number of pyridine rings is 1. The molecule has 0 bridgehead atoms. The summed E-state index contributed by atoms with van der Waals surface area (Å²) in [6.07, 6.45) is 3.55. The molecule has 100 valence electrons. The van der Waals surface area contributed by atoms with Gasteiger partial charge >= 0.3 is 0 Å². The van der Waals surface area contributed by atoms with Crippen molar-refractivity contribution in [1.82, 2.24) is 15.0 Å². The summed E-state index contributed by atoms with van der Waals surface area (Å²) in [4.78, 5) is 15.0. The lowest BCUT2D eigenvalue weighted by Gasteiger charge is -2.19. The zero-order valence-corrected chi connectivity index (χ0v) is 12.6. The first-order chi connectivity index (χ1) is 9.20. The topological polar surface area (TPSA) is 53.9 Å². The highest BCUT2D eigenvalue weighted by Crippen LogP contribution is 2.24. The zero-order valence-electron chi connectivity index (χ0n) is 11.0. The van der Waals surface area contributed by atoms with E-state index in [9.17, 15) is 0 Å². The molecule has 2 aromatic heterocycles. The fourth-order valence-electron chi connectivity index (χ4n) is 1.68. The fourth-order valence-corrected chi connectivity index (χ4v) is 2.17. The van der Waals surface area contributed by atoms with Gasteiger partial charge in [-0.3, -0.25) is 4.98 Å². The van der Waals surface area contributed by atoms with Gasteiger partial charge in [-0.15, -0.1) is 0 Å². The zero-order chi connectivity index (χ0) is 13.7. The molecule has 0 aliphatic heterocycles. The third kappa shape index (κ3) is 3.64. The number of hydrogen-bond donors (Lipinski definition) is 1. The smallest absolute Gasteiger partial charge is 0.224 e. The molecule has 19 heavy (non-hydrogen) atoms. The minimum atomic E-state index is 0.633. The Kier molecular flexibility index (Phi) is 4.68. The maximum atomic E-state index is 4.49. The summed E-state index contributed by atoms with van der Waals surface area (Å²) < 4.78 is 0.868. The third-order valence-electron chi connectivity index (χ3n) is 2.55. The van der Waals surface area contributed by atoms with Gasteiger partial charge in [-0.1, -0.05) is 6.07 Å². The average Bonchev–Trinajstić information content (AvgIpc) is 2.42. The van der Waals surface area contributed by atoms with Crippen LogP contribution in [0.25, 0.3) is 0 Å². The number of nitrogens with one attached hydrogen (secondary N) is 1. The van der Waals surface area contributed by atoms with Gasteiger partial charge in [-0.2, -0.15) is 4.98 Å². The molecule has 2 aromatic rings. The van der Waals surface area contributed by atoms with Crippen LogP contribution >= 0.6 is 15.9 Å². The molecule has 0 unspecified atom stereocenters. The monoisotopic (exact) mass is 321 g/mol. The lowest BCUT2D eigenvalue weighted by Crippen LogP contribution is -2.20. The number of nitrogens with zero attached hydrogens (tertiary/aromatic N) is 4. The van der Waals surface area contributed by atoms with Crippen molar-refractivity contribution in [1.29, 1.82) is 0 Å². The standard InChI is InChI=1S/C13H16BrN5/c1-3-15-13-17-8-11(14)12(18-13)19(2)9-10-6-4-5-7-16-10/h4-8H,3,9H2,1-2H3,(H,15,17,18). The Morgan fingerprint density at radius 3 is 2.84 bits per heavy atom. The lowest BCUT2D eigenvalue weighted by molar-refractivity contribution is 0.857. The van der Waals surface area contributed by atoms with Crippen LogP contribution in [0, 0.1) is 0 Å². The quantitative estimate of drug-likeness (QED) is 0.917. The third-order valence-corrected chi connectivity index (χ3v) is 3.11. The van der Waals surface area contributed by atoms with Crippen LogP contribution < -0.4 is 10.2 Å². The van der Waals surface area contributed by atoms with Crippen molar-refractivity contribution in [3.63, 3.8) is 0 Å². The maximum Gasteiger partial charge on any atom is 0.224 e. The van der Waals surface area contributed by atoms with Crippen LogP contribution in [0.5, 0.6) is 0 Å². The highest BCUT2D eigenvalue weighted by atomic mass is 79.9. The number of rotatable bonds is 5. The van der Waals surface area contributed by atoms with Gasteiger partial charge in [-0.25, -0.2) is 4.98 Å². The SMILES string of the molecule is CCNc1ncc(Br)c(N(C)Cc2ccccn2)n1. The van der Waals surface area contributed by atoms with E-state index < -0.39 is 0 Å². The van der Waals surface area contributed by atoms with Crippen LogP contribution in [-0.4, -0.2) is 28.5 Å². The van der Waals surface area contributed by atoms with Crippen molar-refractivity contribution in [3.05, 3.63) is 40.8 Å². The Morgan fingerprint density at radius 1 is 1.32 bits per heavy atom. The van der Waals surface area contributed by atoms with Crippen LogP contribution in [0.3, 0.4) is 0 Å². The molecule has 2 heterocycles. The Morgan fingerprint density at radius 2 is 2.16 bits per heavy atom. The summed E-state index contributed by atoms with van der Waals surface area (Å²) in [6, 6.07) is 5.89. The Hall–Kier alpha value is -1.69. The largest absolute Gasteiger partial charge is 0.354 e. The van der Waals surface area contributed by atoms with Gasteiger partial charge in [0.15, 0.2) is 0 Å². The van der Waals surface area contributed by atoms with E-state index >= 15 is 0 Å². The van der Waals surface area contributed by atoms with E-state index in [1.807, 2.05) is 37.1 Å². The molecule has 0 atom stereocenters. The number of anilines is 2. The fraction of sp³-hybridized carbons (Fsp3) is 0.308. The van der Waals surface area contributed by atoms with Crippen LogP contribution in [0.15, 0.2) is 35.1 Å². The molecule has 0 aliphatic rings. The first-order valence-electron chi connectivity index (χ1n) is 6.08. The summed E-state index contributed by atoms with van der Waals surface area (Å²) in [5.41, 5.74) is 1.00. The summed E-state index contributed by atoms with van der Waals surface area (Å²) in [5.74, 6) is 1.48. The van der Waals surface area contributed by atoms with E-state index in [4.69, 9.17) is 0 Å². The second kappa shape index (κ2) is 6.47. The predicted octanol–water partition coefficient (Wildman–Crippen LogP) is 2.70. The van der Waals surface area contributed by atoms with Gasteiger partial charge in [0.25, 0.3) is 0 Å². The second-order valence-electron chi connectivity index (χ2n) is 4.07. The van der Waals surface area contributed by atoms with Gasteiger partial charge in [0.2, 0.25) is 5.95 Å². The molecule has 0 aliphatic carbocycles. The maximum absolute atomic E-state index is 4.49. The number of halogens is 1. The lowest BCUT2D eigenvalue weighted by atomic mass is 10.3. The van der Waals surface area contributed by atoms with E-state index in [-0.39, 0.29) is 0 Å². The van der Waals surface area contributed by atoms with Crippen LogP contribution in [-0.2, 0) is 6.54 Å². The average molecular weight is 322 g/mol. The van der Waals surface area contributed by atoms with Gasteiger partial charge in [0.1, 0.15) is 5.82 Å². The van der Waals surface area contributed by atoms with Crippen molar-refractivity contribution in [2.45, 2.75) is 13.5 Å². The molecule has 2 rings (SSSR count). The normalized spacial score (nSPS) is 10.3. The van der Waals surface area contributed by atoms with Crippen molar-refractivity contribution < 1.29 is 0 Å². The molecular weight excluding hydrogens is 306 g/mol. The van der Waals surface area contributed by atoms with E-state index in [1.165, 1.54) is 0 Å². The predicted molar refractivity (Wildman–Crippen MR) is 80.2 cm³/mol. The molecule has 0 spiro atoms. The number of aromatic nitrogens is 3. The highest BCUT2D eigenvalue weighted by Gasteiger charge is 2.10. The minimum Gasteiger partial charge on any atom is -0.354 e. The Bertz CT molecular complexity index is 532. The van der Waals surface area contributed by atoms with Gasteiger partial charge < -0.3 is 10.2 Å². The second-order valence-corrected chi connectivity index (χ2v) is 4.93. The van der Waals surface area contributed by atoms with Gasteiger partial charge in [0.05, 0.1) is 16.7 Å². The Labute approximate surface area is 121 Å². The van der Waals surface area contributed by atoms with Gasteiger partial charge in [0, 0.05) is 26.0 Å². The minimum absolute atomic E-state index is 0.633. The van der Waals surface area contributed by atoms with Gasteiger partial charge in [-0.05, 0) is 35.0 Å². The molecule has 0 fully saturated rings. The number of hydrogen-bond acceptors (Lipinski definition) is 5. The highest BCUT2D eigenvalue weighted by molar-refractivity contribution is 9.10. The molecule has 5 nitrogen and oxygen atoms in total. The molecule has 0 amide bonds. The summed E-state index contributed by atoms with van der Waals surface area (Å²) in [5, 5.41) is 3.11. The van der Waals surface area contributed by atoms with Crippen molar-refractivity contribution >= 4 is 27.7 Å². The first-order valence-corrected chi connectivity index (χ1v) is 6.87.